The van der Waals surface area contributed by atoms with E-state index in [0.717, 1.165) is 19.5 Å². The van der Waals surface area contributed by atoms with Gasteiger partial charge in [-0.05, 0) is 32.8 Å². The summed E-state index contributed by atoms with van der Waals surface area (Å²) in [4.78, 5) is 2.53. The zero-order valence-corrected chi connectivity index (χ0v) is 12.1. The molecule has 1 aromatic rings. The second-order valence-electron chi connectivity index (χ2n) is 6.72. The zero-order valence-electron chi connectivity index (χ0n) is 12.1. The Bertz CT molecular complexity index is 455. The fourth-order valence-electron chi connectivity index (χ4n) is 3.98. The number of benzene rings is 1. The number of nitrogens with one attached hydrogen (secondary N) is 1. The molecule has 2 heterocycles. The van der Waals surface area contributed by atoms with E-state index in [9.17, 15) is 5.11 Å². The van der Waals surface area contributed by atoms with Gasteiger partial charge in [-0.1, -0.05) is 30.3 Å². The molecule has 0 radical (unpaired) electrons. The molecular weight excluding hydrogens is 236 g/mol. The van der Waals surface area contributed by atoms with Crippen molar-refractivity contribution in [1.82, 2.24) is 10.2 Å². The first kappa shape index (κ1) is 13.1. The molecule has 3 heteroatoms. The third-order valence-corrected chi connectivity index (χ3v) is 4.94. The SMILES string of the molecule is CC1(O)CC2CNCC1N2C(C)(C)c1ccccc1. The van der Waals surface area contributed by atoms with E-state index < -0.39 is 5.60 Å². The van der Waals surface area contributed by atoms with Crippen LogP contribution in [0.2, 0.25) is 0 Å². The van der Waals surface area contributed by atoms with Crippen molar-refractivity contribution in [2.24, 2.45) is 0 Å². The third kappa shape index (κ3) is 2.00. The summed E-state index contributed by atoms with van der Waals surface area (Å²) >= 11 is 0. The van der Waals surface area contributed by atoms with Gasteiger partial charge in [-0.2, -0.15) is 0 Å². The molecule has 3 nitrogen and oxygen atoms in total. The number of piperazine rings is 1. The van der Waals surface area contributed by atoms with Gasteiger partial charge in [0.15, 0.2) is 0 Å². The standard InChI is InChI=1S/C16H24N2O/c1-15(2,12-7-5-4-6-8-12)18-13-9-16(3,19)14(18)11-17-10-13/h4-8,13-14,17,19H,9-11H2,1-3H3. The van der Waals surface area contributed by atoms with E-state index in [1.807, 2.05) is 6.92 Å². The third-order valence-electron chi connectivity index (χ3n) is 4.94. The Kier molecular flexibility index (Phi) is 2.97. The molecule has 3 atom stereocenters. The summed E-state index contributed by atoms with van der Waals surface area (Å²) in [6, 6.07) is 11.2. The summed E-state index contributed by atoms with van der Waals surface area (Å²) in [5, 5.41) is 14.1. The molecule has 2 saturated heterocycles. The summed E-state index contributed by atoms with van der Waals surface area (Å²) < 4.78 is 0. The molecule has 3 rings (SSSR count). The Morgan fingerprint density at radius 2 is 1.95 bits per heavy atom. The van der Waals surface area contributed by atoms with Crippen LogP contribution in [-0.4, -0.2) is 40.8 Å². The molecule has 104 valence electrons. The lowest BCUT2D eigenvalue weighted by molar-refractivity contribution is -0.0248. The highest BCUT2D eigenvalue weighted by molar-refractivity contribution is 5.26. The number of rotatable bonds is 2. The predicted octanol–water partition coefficient (Wildman–Crippen LogP) is 1.72. The molecule has 1 aromatic carbocycles. The first-order chi connectivity index (χ1) is 8.93. The summed E-state index contributed by atoms with van der Waals surface area (Å²) in [6.07, 6.45) is 0.862. The van der Waals surface area contributed by atoms with Gasteiger partial charge < -0.3 is 10.4 Å². The van der Waals surface area contributed by atoms with E-state index in [1.54, 1.807) is 0 Å². The second kappa shape index (κ2) is 4.30. The van der Waals surface area contributed by atoms with Crippen molar-refractivity contribution >= 4 is 0 Å². The lowest BCUT2D eigenvalue weighted by Crippen LogP contribution is -2.61. The lowest BCUT2D eigenvalue weighted by Gasteiger charge is -2.47. The van der Waals surface area contributed by atoms with Gasteiger partial charge in [-0.3, -0.25) is 4.90 Å². The van der Waals surface area contributed by atoms with E-state index in [-0.39, 0.29) is 11.6 Å². The van der Waals surface area contributed by atoms with Crippen LogP contribution in [0.3, 0.4) is 0 Å². The molecule has 0 aliphatic carbocycles. The summed E-state index contributed by atoms with van der Waals surface area (Å²) in [7, 11) is 0. The van der Waals surface area contributed by atoms with Crippen molar-refractivity contribution < 1.29 is 5.11 Å². The second-order valence-corrected chi connectivity index (χ2v) is 6.72. The highest BCUT2D eigenvalue weighted by Crippen LogP contribution is 2.43. The van der Waals surface area contributed by atoms with Crippen molar-refractivity contribution in [2.45, 2.75) is 50.4 Å². The van der Waals surface area contributed by atoms with E-state index >= 15 is 0 Å². The van der Waals surface area contributed by atoms with Crippen LogP contribution in [0.25, 0.3) is 0 Å². The smallest absolute Gasteiger partial charge is 0.0802 e. The Labute approximate surface area is 115 Å². The van der Waals surface area contributed by atoms with Crippen LogP contribution in [0.15, 0.2) is 30.3 Å². The van der Waals surface area contributed by atoms with Gasteiger partial charge in [-0.25, -0.2) is 0 Å². The Morgan fingerprint density at radius 1 is 1.26 bits per heavy atom. The Hall–Kier alpha value is -0.900. The number of aliphatic hydroxyl groups is 1. The predicted molar refractivity (Wildman–Crippen MR) is 77.0 cm³/mol. The average molecular weight is 260 g/mol. The molecule has 0 aromatic heterocycles. The first-order valence-electron chi connectivity index (χ1n) is 7.20. The summed E-state index contributed by atoms with van der Waals surface area (Å²) in [6.45, 7) is 8.38. The summed E-state index contributed by atoms with van der Waals surface area (Å²) in [5.41, 5.74) is 0.698. The summed E-state index contributed by atoms with van der Waals surface area (Å²) in [5.74, 6) is 0. The molecular formula is C16H24N2O. The van der Waals surface area contributed by atoms with Gasteiger partial charge in [0.1, 0.15) is 0 Å². The largest absolute Gasteiger partial charge is 0.388 e. The van der Waals surface area contributed by atoms with Gasteiger partial charge in [0.25, 0.3) is 0 Å². The van der Waals surface area contributed by atoms with Crippen molar-refractivity contribution in [3.8, 4) is 0 Å². The Morgan fingerprint density at radius 3 is 2.58 bits per heavy atom. The van der Waals surface area contributed by atoms with Gasteiger partial charge >= 0.3 is 0 Å². The number of hydrogen-bond donors (Lipinski definition) is 2. The molecule has 2 bridgehead atoms. The maximum Gasteiger partial charge on any atom is 0.0802 e. The molecule has 2 fully saturated rings. The highest BCUT2D eigenvalue weighted by Gasteiger charge is 2.54. The quantitative estimate of drug-likeness (QED) is 0.850. The molecule has 2 aliphatic heterocycles. The van der Waals surface area contributed by atoms with Crippen molar-refractivity contribution in [3.63, 3.8) is 0 Å². The van der Waals surface area contributed by atoms with Gasteiger partial charge in [0.2, 0.25) is 0 Å². The lowest BCUT2D eigenvalue weighted by atomic mass is 9.89. The first-order valence-corrected chi connectivity index (χ1v) is 7.20. The van der Waals surface area contributed by atoms with E-state index in [4.69, 9.17) is 0 Å². The fourth-order valence-corrected chi connectivity index (χ4v) is 3.98. The number of hydrogen-bond acceptors (Lipinski definition) is 3. The molecule has 19 heavy (non-hydrogen) atoms. The van der Waals surface area contributed by atoms with Gasteiger partial charge in [0, 0.05) is 24.7 Å². The maximum absolute atomic E-state index is 10.7. The van der Waals surface area contributed by atoms with Crippen molar-refractivity contribution in [2.75, 3.05) is 13.1 Å². The minimum atomic E-state index is -0.583. The fraction of sp³-hybridized carbons (Fsp3) is 0.625. The van der Waals surface area contributed by atoms with E-state index in [1.165, 1.54) is 5.56 Å². The van der Waals surface area contributed by atoms with Crippen LogP contribution >= 0.6 is 0 Å². The molecule has 2 N–H and O–H groups in total. The van der Waals surface area contributed by atoms with Gasteiger partial charge in [0.05, 0.1) is 11.6 Å². The van der Waals surface area contributed by atoms with Crippen molar-refractivity contribution in [3.05, 3.63) is 35.9 Å². The topological polar surface area (TPSA) is 35.5 Å². The maximum atomic E-state index is 10.7. The van der Waals surface area contributed by atoms with Gasteiger partial charge in [-0.15, -0.1) is 0 Å². The van der Waals surface area contributed by atoms with Crippen LogP contribution in [0.4, 0.5) is 0 Å². The molecule has 0 amide bonds. The van der Waals surface area contributed by atoms with E-state index in [2.05, 4.69) is 54.4 Å². The molecule has 0 saturated carbocycles. The average Bonchev–Trinajstić information content (AvgIpc) is 2.54. The molecule has 2 aliphatic rings. The van der Waals surface area contributed by atoms with Crippen LogP contribution in [-0.2, 0) is 5.54 Å². The van der Waals surface area contributed by atoms with Crippen molar-refractivity contribution in [1.29, 1.82) is 0 Å². The van der Waals surface area contributed by atoms with Crippen LogP contribution < -0.4 is 5.32 Å². The number of nitrogens with zero attached hydrogens (tertiary/aromatic N) is 1. The molecule has 3 unspecified atom stereocenters. The highest BCUT2D eigenvalue weighted by atomic mass is 16.3. The minimum Gasteiger partial charge on any atom is -0.388 e. The zero-order chi connectivity index (χ0) is 13.7. The number of fused-ring (bicyclic) bond motifs is 2. The van der Waals surface area contributed by atoms with E-state index in [0.29, 0.717) is 6.04 Å². The normalized spacial score (nSPS) is 35.6. The van der Waals surface area contributed by atoms with Crippen LogP contribution in [0, 0.1) is 0 Å². The van der Waals surface area contributed by atoms with Crippen LogP contribution in [0.5, 0.6) is 0 Å². The monoisotopic (exact) mass is 260 g/mol. The minimum absolute atomic E-state index is 0.0425. The van der Waals surface area contributed by atoms with Crippen LogP contribution in [0.1, 0.15) is 32.8 Å². The molecule has 0 spiro atoms. The Balaban J connectivity index is 1.98.